The Bertz CT molecular complexity index is 1100. The van der Waals surface area contributed by atoms with E-state index in [2.05, 4.69) is 18.2 Å². The molecule has 0 amide bonds. The molecule has 0 aliphatic heterocycles. The van der Waals surface area contributed by atoms with Crippen LogP contribution in [0.3, 0.4) is 0 Å². The monoisotopic (exact) mass is 304 g/mol. The van der Waals surface area contributed by atoms with E-state index in [-0.39, 0.29) is 5.63 Å². The van der Waals surface area contributed by atoms with Crippen molar-refractivity contribution >= 4 is 21.9 Å². The fraction of sp³-hybridized carbons (Fsp3) is 0.150. The van der Waals surface area contributed by atoms with Crippen LogP contribution in [0.25, 0.3) is 33.1 Å². The van der Waals surface area contributed by atoms with Crippen molar-refractivity contribution in [3.63, 3.8) is 0 Å². The second-order valence-corrected chi connectivity index (χ2v) is 5.88. The van der Waals surface area contributed by atoms with Gasteiger partial charge >= 0.3 is 5.63 Å². The maximum Gasteiger partial charge on any atom is 0.339 e. The van der Waals surface area contributed by atoms with Crippen LogP contribution in [0.1, 0.15) is 16.9 Å². The number of furan rings is 1. The summed E-state index contributed by atoms with van der Waals surface area (Å²) < 4.78 is 11.3. The fourth-order valence-corrected chi connectivity index (χ4v) is 3.12. The van der Waals surface area contributed by atoms with Crippen LogP contribution in [0.5, 0.6) is 0 Å². The summed E-state index contributed by atoms with van der Waals surface area (Å²) in [7, 11) is 0. The topological polar surface area (TPSA) is 43.4 Å². The van der Waals surface area contributed by atoms with E-state index in [4.69, 9.17) is 8.83 Å². The van der Waals surface area contributed by atoms with Crippen molar-refractivity contribution in [2.75, 3.05) is 0 Å². The van der Waals surface area contributed by atoms with Crippen LogP contribution >= 0.6 is 0 Å². The number of fused-ring (bicyclic) bond motifs is 2. The van der Waals surface area contributed by atoms with E-state index in [0.717, 1.165) is 38.8 Å². The third-order valence-corrected chi connectivity index (χ3v) is 4.50. The van der Waals surface area contributed by atoms with Crippen molar-refractivity contribution < 1.29 is 8.83 Å². The lowest BCUT2D eigenvalue weighted by molar-refractivity contribution is 0.550. The Morgan fingerprint density at radius 2 is 1.48 bits per heavy atom. The second kappa shape index (κ2) is 4.85. The van der Waals surface area contributed by atoms with Crippen molar-refractivity contribution in [3.8, 4) is 11.1 Å². The Morgan fingerprint density at radius 1 is 0.783 bits per heavy atom. The summed E-state index contributed by atoms with van der Waals surface area (Å²) in [5.41, 5.74) is 4.83. The summed E-state index contributed by atoms with van der Waals surface area (Å²) in [5.74, 6) is 0.859. The van der Waals surface area contributed by atoms with E-state index in [9.17, 15) is 4.79 Å². The Kier molecular flexibility index (Phi) is 2.91. The first-order valence-electron chi connectivity index (χ1n) is 7.59. The minimum absolute atomic E-state index is 0.291. The van der Waals surface area contributed by atoms with Gasteiger partial charge in [-0.3, -0.25) is 0 Å². The smallest absolute Gasteiger partial charge is 0.339 e. The van der Waals surface area contributed by atoms with Crippen LogP contribution in [0.15, 0.2) is 56.1 Å². The molecule has 4 aromatic rings. The third-order valence-electron chi connectivity index (χ3n) is 4.50. The fourth-order valence-electron chi connectivity index (χ4n) is 3.12. The van der Waals surface area contributed by atoms with E-state index < -0.39 is 0 Å². The van der Waals surface area contributed by atoms with Crippen LogP contribution in [-0.2, 0) is 0 Å². The predicted molar refractivity (Wildman–Crippen MR) is 91.9 cm³/mol. The van der Waals surface area contributed by atoms with Gasteiger partial charge in [0.2, 0.25) is 0 Å². The number of benzene rings is 2. The quantitative estimate of drug-likeness (QED) is 0.458. The van der Waals surface area contributed by atoms with E-state index in [0.29, 0.717) is 11.1 Å². The summed E-state index contributed by atoms with van der Waals surface area (Å²) in [5, 5.41) is 1.99. The zero-order valence-corrected chi connectivity index (χ0v) is 13.3. The Morgan fingerprint density at radius 3 is 2.22 bits per heavy atom. The molecule has 0 aliphatic carbocycles. The van der Waals surface area contributed by atoms with E-state index in [1.165, 1.54) is 0 Å². The summed E-state index contributed by atoms with van der Waals surface area (Å²) >= 11 is 0. The molecular formula is C20H16O3. The molecule has 0 aliphatic rings. The standard InChI is InChI=1S/C20H16O3/c1-11-12(2)20(21)23-17-10-18-16(9-15(11)17)19(13(3)22-18)14-7-5-4-6-8-14/h4-10H,1-3H3. The van der Waals surface area contributed by atoms with Crippen LogP contribution in [0.2, 0.25) is 0 Å². The van der Waals surface area contributed by atoms with Crippen LogP contribution in [-0.4, -0.2) is 0 Å². The van der Waals surface area contributed by atoms with Gasteiger partial charge < -0.3 is 8.83 Å². The van der Waals surface area contributed by atoms with Gasteiger partial charge in [-0.2, -0.15) is 0 Å². The average molecular weight is 304 g/mol. The lowest BCUT2D eigenvalue weighted by Gasteiger charge is -2.05. The first-order valence-corrected chi connectivity index (χ1v) is 7.59. The molecule has 114 valence electrons. The van der Waals surface area contributed by atoms with Crippen molar-refractivity contribution in [3.05, 3.63) is 69.8 Å². The SMILES string of the molecule is Cc1oc2cc3oc(=O)c(C)c(C)c3cc2c1-c1ccccc1. The highest BCUT2D eigenvalue weighted by molar-refractivity contribution is 6.03. The molecule has 2 heterocycles. The minimum atomic E-state index is -0.291. The maximum absolute atomic E-state index is 11.9. The highest BCUT2D eigenvalue weighted by Gasteiger charge is 2.16. The van der Waals surface area contributed by atoms with Crippen LogP contribution < -0.4 is 5.63 Å². The van der Waals surface area contributed by atoms with Crippen molar-refractivity contribution in [1.29, 1.82) is 0 Å². The Hall–Kier alpha value is -2.81. The molecule has 0 unspecified atom stereocenters. The summed E-state index contributed by atoms with van der Waals surface area (Å²) in [6.45, 7) is 5.71. The molecule has 0 fully saturated rings. The zero-order chi connectivity index (χ0) is 16.1. The number of hydrogen-bond donors (Lipinski definition) is 0. The van der Waals surface area contributed by atoms with Crippen molar-refractivity contribution in [1.82, 2.24) is 0 Å². The second-order valence-electron chi connectivity index (χ2n) is 5.88. The van der Waals surface area contributed by atoms with Gasteiger partial charge in [-0.25, -0.2) is 4.79 Å². The normalized spacial score (nSPS) is 11.4. The van der Waals surface area contributed by atoms with Gasteiger partial charge in [-0.05, 0) is 38.0 Å². The van der Waals surface area contributed by atoms with Crippen molar-refractivity contribution in [2.24, 2.45) is 0 Å². The van der Waals surface area contributed by atoms with Crippen molar-refractivity contribution in [2.45, 2.75) is 20.8 Å². The minimum Gasteiger partial charge on any atom is -0.461 e. The molecule has 2 aromatic heterocycles. The number of rotatable bonds is 1. The first-order chi connectivity index (χ1) is 11.1. The molecule has 0 saturated carbocycles. The molecular weight excluding hydrogens is 288 g/mol. The number of hydrogen-bond acceptors (Lipinski definition) is 3. The highest BCUT2D eigenvalue weighted by atomic mass is 16.4. The molecule has 0 N–H and O–H groups in total. The molecule has 0 radical (unpaired) electrons. The molecule has 0 atom stereocenters. The third kappa shape index (κ3) is 2.00. The highest BCUT2D eigenvalue weighted by Crippen LogP contribution is 2.37. The molecule has 23 heavy (non-hydrogen) atoms. The van der Waals surface area contributed by atoms with Gasteiger partial charge in [0.15, 0.2) is 0 Å². The zero-order valence-electron chi connectivity index (χ0n) is 13.3. The van der Waals surface area contributed by atoms with Gasteiger partial charge in [0.05, 0.1) is 0 Å². The lowest BCUT2D eigenvalue weighted by atomic mass is 9.99. The van der Waals surface area contributed by atoms with Gasteiger partial charge in [-0.15, -0.1) is 0 Å². The van der Waals surface area contributed by atoms with Gasteiger partial charge in [0.1, 0.15) is 16.9 Å². The average Bonchev–Trinajstić information content (AvgIpc) is 2.87. The van der Waals surface area contributed by atoms with Crippen LogP contribution in [0.4, 0.5) is 0 Å². The molecule has 0 spiro atoms. The molecule has 2 aromatic carbocycles. The molecule has 0 bridgehead atoms. The van der Waals surface area contributed by atoms with E-state index in [1.54, 1.807) is 6.92 Å². The van der Waals surface area contributed by atoms with Crippen LogP contribution in [0, 0.1) is 20.8 Å². The molecule has 0 saturated heterocycles. The van der Waals surface area contributed by atoms with Gasteiger partial charge in [0, 0.05) is 28.0 Å². The Balaban J connectivity index is 2.14. The van der Waals surface area contributed by atoms with Gasteiger partial charge in [0.25, 0.3) is 0 Å². The molecule has 4 rings (SSSR count). The van der Waals surface area contributed by atoms with E-state index >= 15 is 0 Å². The summed E-state index contributed by atoms with van der Waals surface area (Å²) in [4.78, 5) is 11.9. The Labute approximate surface area is 133 Å². The summed E-state index contributed by atoms with van der Waals surface area (Å²) in [6.07, 6.45) is 0. The predicted octanol–water partition coefficient (Wildman–Crippen LogP) is 5.13. The number of aryl methyl sites for hydroxylation is 2. The van der Waals surface area contributed by atoms with E-state index in [1.807, 2.05) is 38.1 Å². The summed E-state index contributed by atoms with van der Waals surface area (Å²) in [6, 6.07) is 14.1. The first kappa shape index (κ1) is 13.8. The lowest BCUT2D eigenvalue weighted by Crippen LogP contribution is -2.05. The molecule has 3 nitrogen and oxygen atoms in total. The largest absolute Gasteiger partial charge is 0.461 e. The molecule has 3 heteroatoms. The van der Waals surface area contributed by atoms with Gasteiger partial charge in [-0.1, -0.05) is 30.3 Å². The maximum atomic E-state index is 11.9.